The van der Waals surface area contributed by atoms with E-state index in [1.807, 2.05) is 12.1 Å². The van der Waals surface area contributed by atoms with Crippen LogP contribution in [0.15, 0.2) is 24.3 Å². The average molecular weight is 293 g/mol. The van der Waals surface area contributed by atoms with Gasteiger partial charge in [0.2, 0.25) is 0 Å². The van der Waals surface area contributed by atoms with Gasteiger partial charge in [0.05, 0.1) is 0 Å². The van der Waals surface area contributed by atoms with Crippen molar-refractivity contribution in [3.63, 3.8) is 0 Å². The SMILES string of the molecule is CCCCCCCCCc1ccc(OCC(O)CN)cc1. The lowest BCUT2D eigenvalue weighted by molar-refractivity contribution is 0.114. The standard InChI is InChI=1S/C18H31NO2/c1-2-3-4-5-6-7-8-9-16-10-12-18(13-11-16)21-15-17(20)14-19/h10-13,17,20H,2-9,14-15,19H2,1H3. The number of nitrogens with two attached hydrogens (primary N) is 1. The van der Waals surface area contributed by atoms with Crippen LogP contribution < -0.4 is 10.5 Å². The third kappa shape index (κ3) is 8.74. The maximum absolute atomic E-state index is 9.34. The van der Waals surface area contributed by atoms with E-state index in [1.165, 1.54) is 50.5 Å². The Morgan fingerprint density at radius 3 is 2.24 bits per heavy atom. The Balaban J connectivity index is 2.13. The van der Waals surface area contributed by atoms with E-state index in [0.717, 1.165) is 12.2 Å². The molecule has 0 aliphatic rings. The van der Waals surface area contributed by atoms with Gasteiger partial charge < -0.3 is 15.6 Å². The normalized spacial score (nSPS) is 12.3. The summed E-state index contributed by atoms with van der Waals surface area (Å²) in [5, 5.41) is 9.34. The third-order valence-corrected chi connectivity index (χ3v) is 3.71. The minimum atomic E-state index is -0.586. The minimum Gasteiger partial charge on any atom is -0.491 e. The molecule has 1 aromatic carbocycles. The second-order valence-corrected chi connectivity index (χ2v) is 5.72. The Kier molecular flexibility index (Phi) is 9.92. The summed E-state index contributed by atoms with van der Waals surface area (Å²) in [7, 11) is 0. The van der Waals surface area contributed by atoms with E-state index in [-0.39, 0.29) is 13.2 Å². The molecule has 0 amide bonds. The monoisotopic (exact) mass is 293 g/mol. The zero-order chi connectivity index (χ0) is 15.3. The zero-order valence-corrected chi connectivity index (χ0v) is 13.4. The molecule has 0 saturated heterocycles. The molecule has 0 aliphatic carbocycles. The van der Waals surface area contributed by atoms with E-state index >= 15 is 0 Å². The van der Waals surface area contributed by atoms with Crippen LogP contribution in [0.25, 0.3) is 0 Å². The Bertz CT molecular complexity index is 351. The van der Waals surface area contributed by atoms with Gasteiger partial charge in [-0.15, -0.1) is 0 Å². The molecular weight excluding hydrogens is 262 g/mol. The number of aliphatic hydroxyl groups excluding tert-OH is 1. The first-order valence-electron chi connectivity index (χ1n) is 8.36. The predicted molar refractivity (Wildman–Crippen MR) is 88.7 cm³/mol. The number of hydrogen-bond acceptors (Lipinski definition) is 3. The van der Waals surface area contributed by atoms with Gasteiger partial charge in [0.15, 0.2) is 0 Å². The predicted octanol–water partition coefficient (Wildman–Crippen LogP) is 3.68. The molecule has 0 aliphatic heterocycles. The molecule has 0 bridgehead atoms. The fourth-order valence-electron chi connectivity index (χ4n) is 2.30. The van der Waals surface area contributed by atoms with Gasteiger partial charge in [-0.25, -0.2) is 0 Å². The highest BCUT2D eigenvalue weighted by Gasteiger charge is 2.02. The second kappa shape index (κ2) is 11.6. The van der Waals surface area contributed by atoms with Crippen LogP contribution in [0.1, 0.15) is 57.4 Å². The number of unbranched alkanes of at least 4 members (excludes halogenated alkanes) is 6. The van der Waals surface area contributed by atoms with E-state index in [2.05, 4.69) is 19.1 Å². The molecule has 1 aromatic rings. The van der Waals surface area contributed by atoms with Crippen molar-refractivity contribution < 1.29 is 9.84 Å². The van der Waals surface area contributed by atoms with Gasteiger partial charge in [-0.3, -0.25) is 0 Å². The van der Waals surface area contributed by atoms with Gasteiger partial charge >= 0.3 is 0 Å². The van der Waals surface area contributed by atoms with Crippen LogP contribution in [0.2, 0.25) is 0 Å². The topological polar surface area (TPSA) is 55.5 Å². The number of ether oxygens (including phenoxy) is 1. The summed E-state index contributed by atoms with van der Waals surface area (Å²) in [5.74, 6) is 0.797. The number of aliphatic hydroxyl groups is 1. The van der Waals surface area contributed by atoms with Gasteiger partial charge in [0, 0.05) is 6.54 Å². The van der Waals surface area contributed by atoms with Gasteiger partial charge in [0.25, 0.3) is 0 Å². The molecule has 0 heterocycles. The third-order valence-electron chi connectivity index (χ3n) is 3.71. The molecule has 3 nitrogen and oxygen atoms in total. The Labute approximate surface area is 129 Å². The van der Waals surface area contributed by atoms with Gasteiger partial charge in [-0.05, 0) is 30.5 Å². The van der Waals surface area contributed by atoms with Crippen molar-refractivity contribution >= 4 is 0 Å². The molecule has 0 spiro atoms. The first kappa shape index (κ1) is 18.0. The highest BCUT2D eigenvalue weighted by Crippen LogP contribution is 2.15. The number of benzene rings is 1. The Morgan fingerprint density at radius 2 is 1.62 bits per heavy atom. The smallest absolute Gasteiger partial charge is 0.119 e. The van der Waals surface area contributed by atoms with Crippen molar-refractivity contribution in [2.24, 2.45) is 5.73 Å². The van der Waals surface area contributed by atoms with Crippen LogP contribution in [0.5, 0.6) is 5.75 Å². The summed E-state index contributed by atoms with van der Waals surface area (Å²) < 4.78 is 5.46. The van der Waals surface area contributed by atoms with Crippen molar-refractivity contribution in [1.29, 1.82) is 0 Å². The molecule has 0 aromatic heterocycles. The highest BCUT2D eigenvalue weighted by molar-refractivity contribution is 5.27. The lowest BCUT2D eigenvalue weighted by Gasteiger charge is -2.10. The van der Waals surface area contributed by atoms with Crippen LogP contribution in [0.3, 0.4) is 0 Å². The molecular formula is C18H31NO2. The summed E-state index contributed by atoms with van der Waals surface area (Å²) >= 11 is 0. The molecule has 0 saturated carbocycles. The zero-order valence-electron chi connectivity index (χ0n) is 13.4. The molecule has 0 fully saturated rings. The van der Waals surface area contributed by atoms with Gasteiger partial charge in [-0.2, -0.15) is 0 Å². The number of hydrogen-bond donors (Lipinski definition) is 2. The van der Waals surface area contributed by atoms with E-state index in [0.29, 0.717) is 0 Å². The summed E-state index contributed by atoms with van der Waals surface area (Å²) in [6, 6.07) is 8.17. The number of aryl methyl sites for hydroxylation is 1. The van der Waals surface area contributed by atoms with Crippen molar-refractivity contribution in [2.75, 3.05) is 13.2 Å². The molecule has 21 heavy (non-hydrogen) atoms. The van der Waals surface area contributed by atoms with Crippen molar-refractivity contribution in [2.45, 2.75) is 64.4 Å². The first-order chi connectivity index (χ1) is 10.3. The molecule has 3 N–H and O–H groups in total. The molecule has 1 unspecified atom stereocenters. The van der Waals surface area contributed by atoms with Crippen LogP contribution in [-0.2, 0) is 6.42 Å². The van der Waals surface area contributed by atoms with Crippen molar-refractivity contribution in [1.82, 2.24) is 0 Å². The Morgan fingerprint density at radius 1 is 1.00 bits per heavy atom. The molecule has 3 heteroatoms. The quantitative estimate of drug-likeness (QED) is 0.578. The molecule has 120 valence electrons. The highest BCUT2D eigenvalue weighted by atomic mass is 16.5. The number of rotatable bonds is 12. The van der Waals surface area contributed by atoms with E-state index < -0.39 is 6.10 Å². The van der Waals surface area contributed by atoms with Gasteiger partial charge in [0.1, 0.15) is 18.5 Å². The van der Waals surface area contributed by atoms with Crippen molar-refractivity contribution in [3.8, 4) is 5.75 Å². The van der Waals surface area contributed by atoms with Crippen LogP contribution in [0, 0.1) is 0 Å². The van der Waals surface area contributed by atoms with E-state index in [4.69, 9.17) is 10.5 Å². The van der Waals surface area contributed by atoms with Crippen molar-refractivity contribution in [3.05, 3.63) is 29.8 Å². The van der Waals surface area contributed by atoms with E-state index in [9.17, 15) is 5.11 Å². The lowest BCUT2D eigenvalue weighted by atomic mass is 10.0. The Hall–Kier alpha value is -1.06. The van der Waals surface area contributed by atoms with E-state index in [1.54, 1.807) is 0 Å². The average Bonchev–Trinajstić information content (AvgIpc) is 2.52. The summed E-state index contributed by atoms with van der Waals surface area (Å²) in [6.45, 7) is 2.74. The molecule has 0 radical (unpaired) electrons. The maximum Gasteiger partial charge on any atom is 0.119 e. The minimum absolute atomic E-state index is 0.232. The molecule has 1 rings (SSSR count). The second-order valence-electron chi connectivity index (χ2n) is 5.72. The van der Waals surface area contributed by atoms with Crippen LogP contribution in [-0.4, -0.2) is 24.4 Å². The largest absolute Gasteiger partial charge is 0.491 e. The van der Waals surface area contributed by atoms with Crippen LogP contribution >= 0.6 is 0 Å². The van der Waals surface area contributed by atoms with Gasteiger partial charge in [-0.1, -0.05) is 57.6 Å². The lowest BCUT2D eigenvalue weighted by Crippen LogP contribution is -2.26. The summed E-state index contributed by atoms with van der Waals surface area (Å²) in [6.07, 6.45) is 9.95. The first-order valence-corrected chi connectivity index (χ1v) is 8.36. The fourth-order valence-corrected chi connectivity index (χ4v) is 2.30. The summed E-state index contributed by atoms with van der Waals surface area (Å²) in [4.78, 5) is 0. The maximum atomic E-state index is 9.34. The van der Waals surface area contributed by atoms with Crippen LogP contribution in [0.4, 0.5) is 0 Å². The summed E-state index contributed by atoms with van der Waals surface area (Å²) in [5.41, 5.74) is 6.69. The molecule has 1 atom stereocenters. The fraction of sp³-hybridized carbons (Fsp3) is 0.667.